The fraction of sp³-hybridized carbons (Fsp3) is 0.333. The summed E-state index contributed by atoms with van der Waals surface area (Å²) in [5, 5.41) is 3.22. The highest BCUT2D eigenvalue weighted by Gasteiger charge is 2.15. The zero-order valence-corrected chi connectivity index (χ0v) is 12.7. The van der Waals surface area contributed by atoms with Crippen LogP contribution in [0.5, 0.6) is 0 Å². The quantitative estimate of drug-likeness (QED) is 0.844. The normalized spacial score (nSPS) is 12.0. The van der Waals surface area contributed by atoms with Crippen molar-refractivity contribution in [2.24, 2.45) is 0 Å². The molecule has 2 rings (SSSR count). The molecule has 0 radical (unpaired) electrons. The maximum Gasteiger partial charge on any atom is 0.253 e. The Kier molecular flexibility index (Phi) is 4.16. The van der Waals surface area contributed by atoms with E-state index in [1.54, 1.807) is 38.5 Å². The van der Waals surface area contributed by atoms with Gasteiger partial charge in [0.25, 0.3) is 5.91 Å². The van der Waals surface area contributed by atoms with Crippen molar-refractivity contribution in [2.75, 3.05) is 25.1 Å². The number of carbonyl (C=O) groups excluding carboxylic acids is 1. The van der Waals surface area contributed by atoms with Gasteiger partial charge in [0.1, 0.15) is 11.8 Å². The summed E-state index contributed by atoms with van der Waals surface area (Å²) in [7, 11) is 3.42. The number of nitrogens with two attached hydrogens (primary N) is 1. The molecule has 1 unspecified atom stereocenters. The molecule has 112 valence electrons. The van der Waals surface area contributed by atoms with Gasteiger partial charge < -0.3 is 20.4 Å². The molecule has 1 atom stereocenters. The van der Waals surface area contributed by atoms with Crippen LogP contribution in [-0.2, 0) is 0 Å². The van der Waals surface area contributed by atoms with Gasteiger partial charge in [0.05, 0.1) is 17.6 Å². The van der Waals surface area contributed by atoms with Gasteiger partial charge in [-0.15, -0.1) is 0 Å². The fourth-order valence-electron chi connectivity index (χ4n) is 1.94. The molecular weight excluding hydrogens is 268 g/mol. The number of carbonyl (C=O) groups is 1. The first-order chi connectivity index (χ1) is 9.88. The summed E-state index contributed by atoms with van der Waals surface area (Å²) in [6.45, 7) is 3.76. The zero-order chi connectivity index (χ0) is 15.6. The number of anilines is 2. The van der Waals surface area contributed by atoms with Gasteiger partial charge in [-0.05, 0) is 32.0 Å². The maximum absolute atomic E-state index is 12.0. The summed E-state index contributed by atoms with van der Waals surface area (Å²) in [5.41, 5.74) is 7.79. The second kappa shape index (κ2) is 5.87. The third-order valence-corrected chi connectivity index (χ3v) is 3.09. The molecule has 0 aliphatic rings. The van der Waals surface area contributed by atoms with E-state index in [9.17, 15) is 4.79 Å². The molecule has 0 aliphatic heterocycles. The Morgan fingerprint density at radius 1 is 1.43 bits per heavy atom. The number of aryl methyl sites for hydroxylation is 1. The number of oxazole rings is 1. The molecular formula is C15H20N4O2. The van der Waals surface area contributed by atoms with Crippen molar-refractivity contribution in [1.82, 2.24) is 9.88 Å². The molecule has 1 aromatic heterocycles. The summed E-state index contributed by atoms with van der Waals surface area (Å²) >= 11 is 0. The van der Waals surface area contributed by atoms with Crippen LogP contribution in [0.4, 0.5) is 11.4 Å². The number of rotatable bonds is 4. The lowest BCUT2D eigenvalue weighted by Crippen LogP contribution is -2.22. The van der Waals surface area contributed by atoms with Crippen LogP contribution in [0.1, 0.15) is 35.0 Å². The molecule has 21 heavy (non-hydrogen) atoms. The zero-order valence-electron chi connectivity index (χ0n) is 12.7. The van der Waals surface area contributed by atoms with E-state index in [0.717, 1.165) is 5.76 Å². The highest BCUT2D eigenvalue weighted by Crippen LogP contribution is 2.25. The molecule has 1 heterocycles. The van der Waals surface area contributed by atoms with Gasteiger partial charge in [-0.2, -0.15) is 0 Å². The molecule has 0 saturated carbocycles. The van der Waals surface area contributed by atoms with Crippen LogP contribution in [0, 0.1) is 6.92 Å². The Labute approximate surface area is 124 Å². The molecule has 0 saturated heterocycles. The number of nitrogens with one attached hydrogen (secondary N) is 1. The predicted molar refractivity (Wildman–Crippen MR) is 82.1 cm³/mol. The Hall–Kier alpha value is -2.50. The van der Waals surface area contributed by atoms with Crippen molar-refractivity contribution in [3.63, 3.8) is 0 Å². The minimum atomic E-state index is -0.147. The summed E-state index contributed by atoms with van der Waals surface area (Å²) in [6, 6.07) is 5.02. The van der Waals surface area contributed by atoms with Crippen molar-refractivity contribution in [2.45, 2.75) is 19.9 Å². The van der Waals surface area contributed by atoms with Crippen LogP contribution < -0.4 is 11.1 Å². The van der Waals surface area contributed by atoms with Gasteiger partial charge in [0.15, 0.2) is 0 Å². The van der Waals surface area contributed by atoms with Crippen molar-refractivity contribution >= 4 is 17.3 Å². The predicted octanol–water partition coefficient (Wildman–Crippen LogP) is 2.44. The van der Waals surface area contributed by atoms with E-state index < -0.39 is 0 Å². The number of nitrogen functional groups attached to an aromatic ring is 1. The summed E-state index contributed by atoms with van der Waals surface area (Å²) in [4.78, 5) is 17.7. The van der Waals surface area contributed by atoms with Crippen LogP contribution in [-0.4, -0.2) is 29.9 Å². The van der Waals surface area contributed by atoms with E-state index in [1.807, 2.05) is 13.8 Å². The third kappa shape index (κ3) is 3.34. The van der Waals surface area contributed by atoms with E-state index in [4.69, 9.17) is 10.2 Å². The number of nitrogens with zero attached hydrogens (tertiary/aromatic N) is 2. The Bertz CT molecular complexity index is 649. The average Bonchev–Trinajstić information content (AvgIpc) is 2.87. The number of hydrogen-bond donors (Lipinski definition) is 2. The van der Waals surface area contributed by atoms with Crippen LogP contribution in [0.2, 0.25) is 0 Å². The molecule has 2 aromatic rings. The van der Waals surface area contributed by atoms with Crippen LogP contribution >= 0.6 is 0 Å². The minimum Gasteiger partial charge on any atom is -0.444 e. The van der Waals surface area contributed by atoms with E-state index in [2.05, 4.69) is 10.3 Å². The third-order valence-electron chi connectivity index (χ3n) is 3.09. The highest BCUT2D eigenvalue weighted by atomic mass is 16.4. The van der Waals surface area contributed by atoms with Crippen molar-refractivity contribution in [1.29, 1.82) is 0 Å². The molecule has 1 aromatic carbocycles. The van der Waals surface area contributed by atoms with Gasteiger partial charge in [-0.25, -0.2) is 4.98 Å². The first-order valence-electron chi connectivity index (χ1n) is 6.68. The van der Waals surface area contributed by atoms with Crippen LogP contribution in [0.15, 0.2) is 28.8 Å². The van der Waals surface area contributed by atoms with E-state index >= 15 is 0 Å². The Balaban J connectivity index is 2.23. The molecule has 0 aliphatic carbocycles. The summed E-state index contributed by atoms with van der Waals surface area (Å²) in [6.07, 6.45) is 1.67. The van der Waals surface area contributed by atoms with Crippen molar-refractivity contribution in [3.05, 3.63) is 41.6 Å². The van der Waals surface area contributed by atoms with Crippen molar-refractivity contribution < 1.29 is 9.21 Å². The molecule has 3 N–H and O–H groups in total. The number of aromatic nitrogens is 1. The molecule has 6 heteroatoms. The highest BCUT2D eigenvalue weighted by molar-refractivity contribution is 5.95. The average molecular weight is 288 g/mol. The van der Waals surface area contributed by atoms with E-state index in [-0.39, 0.29) is 11.9 Å². The number of benzene rings is 1. The number of hydrogen-bond acceptors (Lipinski definition) is 5. The topological polar surface area (TPSA) is 84.4 Å². The second-order valence-corrected chi connectivity index (χ2v) is 5.18. The van der Waals surface area contributed by atoms with Crippen molar-refractivity contribution in [3.8, 4) is 0 Å². The lowest BCUT2D eigenvalue weighted by Gasteiger charge is -2.16. The monoisotopic (exact) mass is 288 g/mol. The van der Waals surface area contributed by atoms with Gasteiger partial charge in [0, 0.05) is 19.7 Å². The fourth-order valence-corrected chi connectivity index (χ4v) is 1.94. The van der Waals surface area contributed by atoms with Crippen LogP contribution in [0.3, 0.4) is 0 Å². The SMILES string of the molecule is Cc1cnc(C(C)Nc2cc(C(=O)N(C)C)ccc2N)o1. The Morgan fingerprint density at radius 2 is 2.14 bits per heavy atom. The first-order valence-corrected chi connectivity index (χ1v) is 6.68. The Morgan fingerprint density at radius 3 is 2.71 bits per heavy atom. The second-order valence-electron chi connectivity index (χ2n) is 5.18. The minimum absolute atomic E-state index is 0.0716. The molecule has 1 amide bonds. The largest absolute Gasteiger partial charge is 0.444 e. The molecule has 0 spiro atoms. The molecule has 0 bridgehead atoms. The van der Waals surface area contributed by atoms with Gasteiger partial charge in [-0.1, -0.05) is 0 Å². The smallest absolute Gasteiger partial charge is 0.253 e. The van der Waals surface area contributed by atoms with Crippen LogP contribution in [0.25, 0.3) is 0 Å². The summed E-state index contributed by atoms with van der Waals surface area (Å²) in [5.74, 6) is 1.26. The molecule has 6 nitrogen and oxygen atoms in total. The lowest BCUT2D eigenvalue weighted by molar-refractivity contribution is 0.0827. The first kappa shape index (κ1) is 14.9. The van der Waals surface area contributed by atoms with E-state index in [1.165, 1.54) is 4.90 Å². The lowest BCUT2D eigenvalue weighted by atomic mass is 10.1. The maximum atomic E-state index is 12.0. The van der Waals surface area contributed by atoms with E-state index in [0.29, 0.717) is 22.8 Å². The van der Waals surface area contributed by atoms with Gasteiger partial charge in [-0.3, -0.25) is 4.79 Å². The van der Waals surface area contributed by atoms with Gasteiger partial charge in [0.2, 0.25) is 5.89 Å². The number of amides is 1. The summed E-state index contributed by atoms with van der Waals surface area (Å²) < 4.78 is 5.48. The van der Waals surface area contributed by atoms with Gasteiger partial charge >= 0.3 is 0 Å². The molecule has 0 fully saturated rings. The standard InChI is InChI=1S/C15H20N4O2/c1-9-8-17-14(21-9)10(2)18-13-7-11(5-6-12(13)16)15(20)19(3)4/h5-8,10,18H,16H2,1-4H3.